The van der Waals surface area contributed by atoms with Gasteiger partial charge < -0.3 is 20.9 Å². The quantitative estimate of drug-likeness (QED) is 0.450. The van der Waals surface area contributed by atoms with Crippen LogP contribution in [0.25, 0.3) is 0 Å². The van der Waals surface area contributed by atoms with E-state index in [1.165, 1.54) is 7.11 Å². The molecule has 0 aliphatic heterocycles. The summed E-state index contributed by atoms with van der Waals surface area (Å²) >= 11 is 0. The van der Waals surface area contributed by atoms with Crippen LogP contribution in [0.1, 0.15) is 10.4 Å². The standard InChI is InChI=1S/C10H12N4O6/c1-20-4-7(10(16)17)13-9-6(8(11)15)2-5(3-12-9)14(18)19/h2-3,7H,4H2,1H3,(H2,11,15)(H,12,13)(H,16,17). The highest BCUT2D eigenvalue weighted by Crippen LogP contribution is 2.19. The van der Waals surface area contributed by atoms with E-state index in [4.69, 9.17) is 15.6 Å². The number of pyridine rings is 1. The van der Waals surface area contributed by atoms with Gasteiger partial charge in [-0.15, -0.1) is 0 Å². The van der Waals surface area contributed by atoms with E-state index in [9.17, 15) is 19.7 Å². The van der Waals surface area contributed by atoms with E-state index in [2.05, 4.69) is 10.3 Å². The third kappa shape index (κ3) is 3.62. The summed E-state index contributed by atoms with van der Waals surface area (Å²) in [6, 6.07) is -0.254. The van der Waals surface area contributed by atoms with Gasteiger partial charge in [-0.2, -0.15) is 0 Å². The van der Waals surface area contributed by atoms with Crippen molar-refractivity contribution in [2.75, 3.05) is 19.0 Å². The zero-order valence-corrected chi connectivity index (χ0v) is 10.4. The Morgan fingerprint density at radius 3 is 2.75 bits per heavy atom. The van der Waals surface area contributed by atoms with Gasteiger partial charge in [-0.1, -0.05) is 0 Å². The zero-order chi connectivity index (χ0) is 15.3. The first-order chi connectivity index (χ1) is 9.36. The Kier molecular flexibility index (Phi) is 4.92. The summed E-state index contributed by atoms with van der Waals surface area (Å²) in [6.07, 6.45) is 0.889. The molecule has 1 atom stereocenters. The fraction of sp³-hybridized carbons (Fsp3) is 0.300. The van der Waals surface area contributed by atoms with Crippen molar-refractivity contribution in [1.82, 2.24) is 4.98 Å². The maximum Gasteiger partial charge on any atom is 0.328 e. The molecule has 0 aliphatic rings. The van der Waals surface area contributed by atoms with Crippen molar-refractivity contribution < 1.29 is 24.4 Å². The number of nitrogens with zero attached hydrogens (tertiary/aromatic N) is 2. The lowest BCUT2D eigenvalue weighted by molar-refractivity contribution is -0.385. The number of hydrogen-bond donors (Lipinski definition) is 3. The Bertz CT molecular complexity index is 547. The molecule has 1 aromatic heterocycles. The summed E-state index contributed by atoms with van der Waals surface area (Å²) < 4.78 is 4.70. The van der Waals surface area contributed by atoms with Gasteiger partial charge in [0.05, 0.1) is 17.1 Å². The van der Waals surface area contributed by atoms with Crippen molar-refractivity contribution in [2.24, 2.45) is 5.73 Å². The van der Waals surface area contributed by atoms with E-state index in [0.717, 1.165) is 12.3 Å². The van der Waals surface area contributed by atoms with Gasteiger partial charge in [0.15, 0.2) is 0 Å². The van der Waals surface area contributed by atoms with Crippen molar-refractivity contribution in [3.8, 4) is 0 Å². The van der Waals surface area contributed by atoms with Gasteiger partial charge in [0.2, 0.25) is 0 Å². The van der Waals surface area contributed by atoms with Gasteiger partial charge in [0.1, 0.15) is 18.1 Å². The normalized spacial score (nSPS) is 11.7. The second-order valence-corrected chi connectivity index (χ2v) is 3.70. The lowest BCUT2D eigenvalue weighted by Gasteiger charge is -2.15. The monoisotopic (exact) mass is 284 g/mol. The number of hydrogen-bond acceptors (Lipinski definition) is 7. The van der Waals surface area contributed by atoms with E-state index in [-0.39, 0.29) is 18.0 Å². The van der Waals surface area contributed by atoms with Gasteiger partial charge in [-0.3, -0.25) is 14.9 Å². The van der Waals surface area contributed by atoms with Gasteiger partial charge in [-0.05, 0) is 0 Å². The highest BCUT2D eigenvalue weighted by atomic mass is 16.6. The molecule has 0 saturated heterocycles. The molecular weight excluding hydrogens is 272 g/mol. The number of rotatable bonds is 7. The van der Waals surface area contributed by atoms with E-state index >= 15 is 0 Å². The molecule has 0 aliphatic carbocycles. The topological polar surface area (TPSA) is 158 Å². The summed E-state index contributed by atoms with van der Waals surface area (Å²) in [5.41, 5.74) is 4.39. The van der Waals surface area contributed by atoms with Crippen LogP contribution in [0.4, 0.5) is 11.5 Å². The summed E-state index contributed by atoms with van der Waals surface area (Å²) in [5.74, 6) is -2.36. The first kappa shape index (κ1) is 15.3. The largest absolute Gasteiger partial charge is 0.480 e. The van der Waals surface area contributed by atoms with Crippen molar-refractivity contribution in [2.45, 2.75) is 6.04 Å². The summed E-state index contributed by atoms with van der Waals surface area (Å²) in [4.78, 5) is 35.7. The lowest BCUT2D eigenvalue weighted by atomic mass is 10.2. The van der Waals surface area contributed by atoms with Crippen LogP contribution in [0, 0.1) is 10.1 Å². The smallest absolute Gasteiger partial charge is 0.328 e. The fourth-order valence-electron chi connectivity index (χ4n) is 1.36. The van der Waals surface area contributed by atoms with Crippen LogP contribution < -0.4 is 11.1 Å². The van der Waals surface area contributed by atoms with E-state index < -0.39 is 28.5 Å². The zero-order valence-electron chi connectivity index (χ0n) is 10.4. The third-order valence-corrected chi connectivity index (χ3v) is 2.29. The molecule has 0 spiro atoms. The Morgan fingerprint density at radius 1 is 1.65 bits per heavy atom. The molecule has 0 fully saturated rings. The summed E-state index contributed by atoms with van der Waals surface area (Å²) in [7, 11) is 1.30. The van der Waals surface area contributed by atoms with Crippen molar-refractivity contribution >= 4 is 23.4 Å². The molecule has 10 heteroatoms. The van der Waals surface area contributed by atoms with Crippen LogP contribution >= 0.6 is 0 Å². The Morgan fingerprint density at radius 2 is 2.30 bits per heavy atom. The minimum atomic E-state index is -1.23. The number of anilines is 1. The molecule has 0 saturated carbocycles. The fourth-order valence-corrected chi connectivity index (χ4v) is 1.36. The highest BCUT2D eigenvalue weighted by Gasteiger charge is 2.22. The summed E-state index contributed by atoms with van der Waals surface area (Å²) in [6.45, 7) is -0.188. The molecule has 0 aromatic carbocycles. The van der Waals surface area contributed by atoms with Crippen LogP contribution in [-0.4, -0.2) is 46.6 Å². The molecule has 1 unspecified atom stereocenters. The number of carboxylic acid groups (broad SMARTS) is 1. The van der Waals surface area contributed by atoms with Crippen LogP contribution in [0.15, 0.2) is 12.3 Å². The van der Waals surface area contributed by atoms with Crippen LogP contribution in [0.5, 0.6) is 0 Å². The molecule has 0 bridgehead atoms. The summed E-state index contributed by atoms with van der Waals surface area (Å²) in [5, 5.41) is 22.0. The molecule has 108 valence electrons. The van der Waals surface area contributed by atoms with E-state index in [0.29, 0.717) is 0 Å². The Labute approximate surface area is 112 Å². The Hall–Kier alpha value is -2.75. The molecule has 1 heterocycles. The van der Waals surface area contributed by atoms with Crippen LogP contribution in [0.3, 0.4) is 0 Å². The van der Waals surface area contributed by atoms with Crippen molar-refractivity contribution in [3.05, 3.63) is 27.9 Å². The van der Waals surface area contributed by atoms with Crippen LogP contribution in [-0.2, 0) is 9.53 Å². The van der Waals surface area contributed by atoms with E-state index in [1.807, 2.05) is 0 Å². The number of nitrogens with two attached hydrogens (primary N) is 1. The number of ether oxygens (including phenoxy) is 1. The number of nitro groups is 1. The predicted octanol–water partition coefficient (Wildman–Crippen LogP) is -0.400. The molecule has 0 radical (unpaired) electrons. The number of carboxylic acids is 1. The molecule has 4 N–H and O–H groups in total. The van der Waals surface area contributed by atoms with Gasteiger partial charge in [0, 0.05) is 13.2 Å². The number of aliphatic carboxylic acids is 1. The second-order valence-electron chi connectivity index (χ2n) is 3.70. The molecule has 10 nitrogen and oxygen atoms in total. The number of primary amides is 1. The molecule has 1 aromatic rings. The van der Waals surface area contributed by atoms with Gasteiger partial charge in [0.25, 0.3) is 11.6 Å². The number of nitrogens with one attached hydrogen (secondary N) is 1. The highest BCUT2D eigenvalue weighted by molar-refractivity contribution is 5.98. The first-order valence-corrected chi connectivity index (χ1v) is 5.29. The van der Waals surface area contributed by atoms with Crippen LogP contribution in [0.2, 0.25) is 0 Å². The minimum Gasteiger partial charge on any atom is -0.480 e. The third-order valence-electron chi connectivity index (χ3n) is 2.29. The number of aromatic nitrogens is 1. The molecule has 1 amide bonds. The van der Waals surface area contributed by atoms with Crippen molar-refractivity contribution in [3.63, 3.8) is 0 Å². The number of methoxy groups -OCH3 is 1. The Balaban J connectivity index is 3.13. The lowest BCUT2D eigenvalue weighted by Crippen LogP contribution is -2.35. The minimum absolute atomic E-state index is 0.160. The first-order valence-electron chi connectivity index (χ1n) is 5.29. The van der Waals surface area contributed by atoms with Gasteiger partial charge >= 0.3 is 5.97 Å². The number of amides is 1. The van der Waals surface area contributed by atoms with Gasteiger partial charge in [-0.25, -0.2) is 9.78 Å². The average Bonchev–Trinajstić information content (AvgIpc) is 2.37. The average molecular weight is 284 g/mol. The molecule has 20 heavy (non-hydrogen) atoms. The maximum absolute atomic E-state index is 11.2. The van der Waals surface area contributed by atoms with Crippen molar-refractivity contribution in [1.29, 1.82) is 0 Å². The maximum atomic E-state index is 11.2. The predicted molar refractivity (Wildman–Crippen MR) is 66.3 cm³/mol. The SMILES string of the molecule is COCC(Nc1ncc([N+](=O)[O-])cc1C(N)=O)C(=O)O. The van der Waals surface area contributed by atoms with E-state index in [1.54, 1.807) is 0 Å². The number of carbonyl (C=O) groups is 2. The number of carbonyl (C=O) groups excluding carboxylic acids is 1. The molecule has 1 rings (SSSR count). The second kappa shape index (κ2) is 6.43. The molecular formula is C10H12N4O6.